The van der Waals surface area contributed by atoms with Crippen molar-refractivity contribution >= 4 is 17.0 Å². The summed E-state index contributed by atoms with van der Waals surface area (Å²) in [6, 6.07) is 12.3. The first kappa shape index (κ1) is 13.9. The van der Waals surface area contributed by atoms with Gasteiger partial charge in [-0.3, -0.25) is 0 Å². The number of hydrogen-bond donors (Lipinski definition) is 1. The van der Waals surface area contributed by atoms with Gasteiger partial charge >= 0.3 is 0 Å². The van der Waals surface area contributed by atoms with E-state index in [0.717, 1.165) is 31.1 Å². The molecule has 0 spiro atoms. The highest BCUT2D eigenvalue weighted by Crippen LogP contribution is 2.25. The molecule has 0 atom stereocenters. The van der Waals surface area contributed by atoms with E-state index in [1.807, 2.05) is 18.2 Å². The lowest BCUT2D eigenvalue weighted by Gasteiger charge is -2.21. The maximum atomic E-state index is 5.37. The fourth-order valence-electron chi connectivity index (χ4n) is 1.94. The Morgan fingerprint density at radius 1 is 1.21 bits per heavy atom. The Balaban J connectivity index is 1.79. The Kier molecular flexibility index (Phi) is 5.24. The Hall–Kier alpha value is -1.52. The van der Waals surface area contributed by atoms with Gasteiger partial charge in [0.2, 0.25) is 0 Å². The molecule has 1 aromatic carbocycles. The second-order valence-corrected chi connectivity index (χ2v) is 5.38. The number of likely N-dealkylation sites (N-methyl/N-ethyl adjacent to an activating group) is 1. The Morgan fingerprint density at radius 3 is 2.79 bits per heavy atom. The van der Waals surface area contributed by atoms with Crippen LogP contribution in [0.5, 0.6) is 5.75 Å². The van der Waals surface area contributed by atoms with Crippen molar-refractivity contribution in [1.82, 2.24) is 5.32 Å². The molecule has 0 aliphatic heterocycles. The first-order chi connectivity index (χ1) is 9.31. The zero-order valence-electron chi connectivity index (χ0n) is 11.4. The third-order valence-corrected chi connectivity index (χ3v) is 3.88. The number of methoxy groups -OCH3 is 1. The minimum Gasteiger partial charge on any atom is -0.495 e. The van der Waals surface area contributed by atoms with Gasteiger partial charge in [-0.15, -0.1) is 11.3 Å². The molecule has 0 aliphatic rings. The van der Waals surface area contributed by atoms with Crippen LogP contribution < -0.4 is 15.0 Å². The minimum atomic E-state index is 0.920. The highest BCUT2D eigenvalue weighted by Gasteiger charge is 2.06. The molecule has 2 aromatic rings. The lowest BCUT2D eigenvalue weighted by Crippen LogP contribution is -2.28. The normalized spacial score (nSPS) is 10.4. The van der Waals surface area contributed by atoms with Crippen LogP contribution in [0.3, 0.4) is 0 Å². The van der Waals surface area contributed by atoms with Crippen LogP contribution in [0.2, 0.25) is 0 Å². The quantitative estimate of drug-likeness (QED) is 0.787. The third-order valence-electron chi connectivity index (χ3n) is 3.00. The van der Waals surface area contributed by atoms with Crippen LogP contribution in [-0.4, -0.2) is 27.2 Å². The number of thiophene rings is 1. The molecule has 2 rings (SSSR count). The van der Waals surface area contributed by atoms with Crippen molar-refractivity contribution in [2.24, 2.45) is 0 Å². The van der Waals surface area contributed by atoms with Crippen LogP contribution in [0, 0.1) is 0 Å². The molecule has 0 radical (unpaired) electrons. The van der Waals surface area contributed by atoms with Crippen molar-refractivity contribution in [3.63, 3.8) is 0 Å². The summed E-state index contributed by atoms with van der Waals surface area (Å²) in [6.07, 6.45) is 0. The van der Waals surface area contributed by atoms with E-state index in [0.29, 0.717) is 0 Å². The molecular weight excluding hydrogens is 256 g/mol. The molecule has 1 aromatic heterocycles. The van der Waals surface area contributed by atoms with E-state index in [9.17, 15) is 0 Å². The van der Waals surface area contributed by atoms with Crippen LogP contribution in [0.25, 0.3) is 0 Å². The minimum absolute atomic E-state index is 0.920. The molecule has 1 N–H and O–H groups in total. The molecule has 0 saturated carbocycles. The van der Waals surface area contributed by atoms with E-state index >= 15 is 0 Å². The molecule has 19 heavy (non-hydrogen) atoms. The Morgan fingerprint density at radius 2 is 2.05 bits per heavy atom. The van der Waals surface area contributed by atoms with E-state index in [-0.39, 0.29) is 0 Å². The average molecular weight is 276 g/mol. The molecule has 0 amide bonds. The summed E-state index contributed by atoms with van der Waals surface area (Å²) in [6.45, 7) is 2.84. The van der Waals surface area contributed by atoms with Crippen LogP contribution in [0.1, 0.15) is 4.88 Å². The maximum absolute atomic E-state index is 5.37. The lowest BCUT2D eigenvalue weighted by molar-refractivity contribution is 0.415. The second-order valence-electron chi connectivity index (χ2n) is 4.35. The van der Waals surface area contributed by atoms with E-state index in [4.69, 9.17) is 4.74 Å². The number of nitrogens with zero attached hydrogens (tertiary/aromatic N) is 1. The fraction of sp³-hybridized carbons (Fsp3) is 0.333. The molecule has 102 valence electrons. The smallest absolute Gasteiger partial charge is 0.142 e. The van der Waals surface area contributed by atoms with Crippen molar-refractivity contribution in [3.8, 4) is 5.75 Å². The number of nitrogens with one attached hydrogen (secondary N) is 1. The average Bonchev–Trinajstić information content (AvgIpc) is 2.96. The first-order valence-electron chi connectivity index (χ1n) is 6.38. The van der Waals surface area contributed by atoms with E-state index < -0.39 is 0 Å². The second kappa shape index (κ2) is 7.16. The van der Waals surface area contributed by atoms with Gasteiger partial charge in [-0.25, -0.2) is 0 Å². The number of rotatable bonds is 7. The molecule has 0 unspecified atom stereocenters. The van der Waals surface area contributed by atoms with Gasteiger partial charge in [0.15, 0.2) is 0 Å². The Bertz CT molecular complexity index is 485. The zero-order valence-corrected chi connectivity index (χ0v) is 12.2. The predicted octanol–water partition coefficient (Wildman–Crippen LogP) is 2.98. The number of anilines is 1. The van der Waals surface area contributed by atoms with Crippen LogP contribution in [0.15, 0.2) is 41.8 Å². The topological polar surface area (TPSA) is 24.5 Å². The Labute approximate surface area is 118 Å². The van der Waals surface area contributed by atoms with Gasteiger partial charge in [0, 0.05) is 31.6 Å². The van der Waals surface area contributed by atoms with Gasteiger partial charge in [-0.1, -0.05) is 18.2 Å². The molecule has 0 saturated heterocycles. The highest BCUT2D eigenvalue weighted by molar-refractivity contribution is 7.09. The summed E-state index contributed by atoms with van der Waals surface area (Å²) in [7, 11) is 3.80. The summed E-state index contributed by atoms with van der Waals surface area (Å²) in [4.78, 5) is 3.58. The van der Waals surface area contributed by atoms with E-state index in [2.05, 4.69) is 40.8 Å². The van der Waals surface area contributed by atoms with Gasteiger partial charge in [-0.05, 0) is 23.6 Å². The van der Waals surface area contributed by atoms with Crippen molar-refractivity contribution in [2.75, 3.05) is 32.1 Å². The standard InChI is InChI=1S/C15H20N2OS/c1-17(14-7-3-4-8-15(14)18-2)10-9-16-12-13-6-5-11-19-13/h3-8,11,16H,9-10,12H2,1-2H3. The fourth-order valence-corrected chi connectivity index (χ4v) is 2.61. The number of para-hydroxylation sites is 2. The predicted molar refractivity (Wildman–Crippen MR) is 82.3 cm³/mol. The molecule has 0 aliphatic carbocycles. The van der Waals surface area contributed by atoms with Crippen molar-refractivity contribution in [2.45, 2.75) is 6.54 Å². The first-order valence-corrected chi connectivity index (χ1v) is 7.26. The van der Waals surface area contributed by atoms with Crippen molar-refractivity contribution in [3.05, 3.63) is 46.7 Å². The van der Waals surface area contributed by atoms with E-state index in [1.54, 1.807) is 18.4 Å². The van der Waals surface area contributed by atoms with Gasteiger partial charge in [0.25, 0.3) is 0 Å². The molecular formula is C15H20N2OS. The number of benzene rings is 1. The largest absolute Gasteiger partial charge is 0.495 e. The van der Waals surface area contributed by atoms with E-state index in [1.165, 1.54) is 4.88 Å². The van der Waals surface area contributed by atoms with Gasteiger partial charge < -0.3 is 15.0 Å². The van der Waals surface area contributed by atoms with Gasteiger partial charge in [0.05, 0.1) is 12.8 Å². The molecule has 3 nitrogen and oxygen atoms in total. The molecule has 0 fully saturated rings. The van der Waals surface area contributed by atoms with Crippen LogP contribution in [0.4, 0.5) is 5.69 Å². The summed E-state index contributed by atoms with van der Waals surface area (Å²) in [5.41, 5.74) is 1.13. The van der Waals surface area contributed by atoms with Crippen LogP contribution >= 0.6 is 11.3 Å². The molecule has 4 heteroatoms. The zero-order chi connectivity index (χ0) is 13.5. The van der Waals surface area contributed by atoms with Crippen molar-refractivity contribution in [1.29, 1.82) is 0 Å². The van der Waals surface area contributed by atoms with Gasteiger partial charge in [-0.2, -0.15) is 0 Å². The monoisotopic (exact) mass is 276 g/mol. The van der Waals surface area contributed by atoms with Crippen molar-refractivity contribution < 1.29 is 4.74 Å². The number of hydrogen-bond acceptors (Lipinski definition) is 4. The lowest BCUT2D eigenvalue weighted by atomic mass is 10.2. The summed E-state index contributed by atoms with van der Waals surface area (Å²) in [5, 5.41) is 5.56. The molecule has 1 heterocycles. The van der Waals surface area contributed by atoms with Crippen LogP contribution in [-0.2, 0) is 6.54 Å². The summed E-state index contributed by atoms with van der Waals surface area (Å²) < 4.78 is 5.37. The maximum Gasteiger partial charge on any atom is 0.142 e. The highest BCUT2D eigenvalue weighted by atomic mass is 32.1. The van der Waals surface area contributed by atoms with Gasteiger partial charge in [0.1, 0.15) is 5.75 Å². The summed E-state index contributed by atoms with van der Waals surface area (Å²) >= 11 is 1.79. The SMILES string of the molecule is COc1ccccc1N(C)CCNCc1cccs1. The third kappa shape index (κ3) is 3.98. The summed E-state index contributed by atoms with van der Waals surface area (Å²) in [5.74, 6) is 0.920. The molecule has 0 bridgehead atoms. The number of ether oxygens (including phenoxy) is 1.